The van der Waals surface area contributed by atoms with Crippen molar-refractivity contribution in [2.45, 2.75) is 0 Å². The van der Waals surface area contributed by atoms with Gasteiger partial charge in [0, 0.05) is 37.4 Å². The second-order valence-corrected chi connectivity index (χ2v) is 5.29. The molecule has 0 bridgehead atoms. The monoisotopic (exact) mass is 299 g/mol. The van der Waals surface area contributed by atoms with Crippen LogP contribution in [0.2, 0.25) is 5.02 Å². The average molecular weight is 300 g/mol. The summed E-state index contributed by atoms with van der Waals surface area (Å²) in [4.78, 5) is 2.70. The van der Waals surface area contributed by atoms with Crippen molar-refractivity contribution in [1.82, 2.24) is 4.90 Å². The zero-order valence-corrected chi connectivity index (χ0v) is 12.3. The Morgan fingerprint density at radius 1 is 1.42 bits per heavy atom. The second kappa shape index (κ2) is 7.05. The number of morpholine rings is 1. The number of rotatable bonds is 5. The average Bonchev–Trinajstić information content (AvgIpc) is 2.39. The molecule has 0 atom stereocenters. The van der Waals surface area contributed by atoms with Crippen molar-refractivity contribution < 1.29 is 4.74 Å². The highest BCUT2D eigenvalue weighted by Crippen LogP contribution is 2.20. The van der Waals surface area contributed by atoms with Crippen LogP contribution < -0.4 is 11.1 Å². The van der Waals surface area contributed by atoms with E-state index in [-0.39, 0.29) is 0 Å². The van der Waals surface area contributed by atoms with Gasteiger partial charge < -0.3 is 15.8 Å². The van der Waals surface area contributed by atoms with Gasteiger partial charge in [0.1, 0.15) is 4.99 Å². The summed E-state index contributed by atoms with van der Waals surface area (Å²) >= 11 is 11.0. The Morgan fingerprint density at radius 2 is 2.16 bits per heavy atom. The van der Waals surface area contributed by atoms with E-state index < -0.39 is 0 Å². The van der Waals surface area contributed by atoms with Crippen LogP contribution in [0.3, 0.4) is 0 Å². The summed E-state index contributed by atoms with van der Waals surface area (Å²) in [5.74, 6) is 0. The largest absolute Gasteiger partial charge is 0.389 e. The van der Waals surface area contributed by atoms with Crippen molar-refractivity contribution in [2.24, 2.45) is 5.73 Å². The first kappa shape index (κ1) is 14.5. The molecule has 1 saturated heterocycles. The number of nitrogens with two attached hydrogens (primary N) is 1. The molecular weight excluding hydrogens is 282 g/mol. The molecule has 19 heavy (non-hydrogen) atoms. The number of hydrogen-bond donors (Lipinski definition) is 2. The number of ether oxygens (including phenoxy) is 1. The van der Waals surface area contributed by atoms with Gasteiger partial charge in [0.15, 0.2) is 0 Å². The first-order chi connectivity index (χ1) is 9.16. The number of thiocarbonyl (C=S) groups is 1. The first-order valence-electron chi connectivity index (χ1n) is 6.30. The Kier molecular flexibility index (Phi) is 5.39. The van der Waals surface area contributed by atoms with Gasteiger partial charge in [0.05, 0.1) is 18.2 Å². The Bertz CT molecular complexity index is 450. The molecule has 1 aromatic rings. The Morgan fingerprint density at radius 3 is 2.79 bits per heavy atom. The fourth-order valence-corrected chi connectivity index (χ4v) is 2.52. The van der Waals surface area contributed by atoms with Crippen molar-refractivity contribution in [3.05, 3.63) is 28.8 Å². The topological polar surface area (TPSA) is 50.5 Å². The number of hydrogen-bond acceptors (Lipinski definition) is 4. The van der Waals surface area contributed by atoms with E-state index in [2.05, 4.69) is 10.2 Å². The molecule has 0 aromatic heterocycles. The summed E-state index contributed by atoms with van der Waals surface area (Å²) in [6.45, 7) is 5.54. The van der Waals surface area contributed by atoms with E-state index in [0.29, 0.717) is 10.0 Å². The number of anilines is 1. The quantitative estimate of drug-likeness (QED) is 0.811. The molecule has 0 aliphatic carbocycles. The standard InChI is InChI=1S/C13H18ClN3OS/c14-12-9-10(1-2-11(12)13(15)19)16-3-4-17-5-7-18-8-6-17/h1-2,9,16H,3-8H2,(H2,15,19). The van der Waals surface area contributed by atoms with E-state index in [1.165, 1.54) is 0 Å². The lowest BCUT2D eigenvalue weighted by Crippen LogP contribution is -2.39. The van der Waals surface area contributed by atoms with Gasteiger partial charge in [-0.3, -0.25) is 4.90 Å². The van der Waals surface area contributed by atoms with Crippen molar-refractivity contribution in [3.63, 3.8) is 0 Å². The molecule has 0 spiro atoms. The Balaban J connectivity index is 1.82. The second-order valence-electron chi connectivity index (χ2n) is 4.44. The van der Waals surface area contributed by atoms with Crippen LogP contribution >= 0.6 is 23.8 Å². The molecule has 3 N–H and O–H groups in total. The molecule has 0 radical (unpaired) electrons. The summed E-state index contributed by atoms with van der Waals surface area (Å²) in [7, 11) is 0. The van der Waals surface area contributed by atoms with Crippen LogP contribution in [0.15, 0.2) is 18.2 Å². The molecule has 0 saturated carbocycles. The summed E-state index contributed by atoms with van der Waals surface area (Å²) in [5.41, 5.74) is 7.27. The van der Waals surface area contributed by atoms with Crippen LogP contribution in [-0.2, 0) is 4.74 Å². The lowest BCUT2D eigenvalue weighted by molar-refractivity contribution is 0.0398. The molecule has 4 nitrogen and oxygen atoms in total. The molecule has 2 rings (SSSR count). The predicted octanol–water partition coefficient (Wildman–Crippen LogP) is 1.72. The lowest BCUT2D eigenvalue weighted by atomic mass is 10.2. The summed E-state index contributed by atoms with van der Waals surface area (Å²) < 4.78 is 5.31. The summed E-state index contributed by atoms with van der Waals surface area (Å²) in [6.07, 6.45) is 0. The molecule has 6 heteroatoms. The first-order valence-corrected chi connectivity index (χ1v) is 7.09. The molecular formula is C13H18ClN3OS. The van der Waals surface area contributed by atoms with Gasteiger partial charge in [-0.2, -0.15) is 0 Å². The molecule has 1 fully saturated rings. The molecule has 104 valence electrons. The van der Waals surface area contributed by atoms with Crippen molar-refractivity contribution >= 4 is 34.5 Å². The zero-order valence-electron chi connectivity index (χ0n) is 10.7. The fraction of sp³-hybridized carbons (Fsp3) is 0.462. The van der Waals surface area contributed by atoms with E-state index in [1.54, 1.807) is 0 Å². The minimum atomic E-state index is 0.324. The third kappa shape index (κ3) is 4.31. The fourth-order valence-electron chi connectivity index (χ4n) is 2.01. The smallest absolute Gasteiger partial charge is 0.105 e. The highest BCUT2D eigenvalue weighted by molar-refractivity contribution is 7.80. The van der Waals surface area contributed by atoms with Crippen LogP contribution in [0.5, 0.6) is 0 Å². The molecule has 0 unspecified atom stereocenters. The van der Waals surface area contributed by atoms with Crippen LogP contribution in [0, 0.1) is 0 Å². The van der Waals surface area contributed by atoms with Gasteiger partial charge in [-0.25, -0.2) is 0 Å². The number of benzene rings is 1. The van der Waals surface area contributed by atoms with Crippen molar-refractivity contribution in [3.8, 4) is 0 Å². The van der Waals surface area contributed by atoms with E-state index in [9.17, 15) is 0 Å². The number of nitrogens with zero attached hydrogens (tertiary/aromatic N) is 1. The van der Waals surface area contributed by atoms with Crippen LogP contribution in [0.25, 0.3) is 0 Å². The summed E-state index contributed by atoms with van der Waals surface area (Å²) in [5, 5.41) is 3.93. The molecule has 1 aliphatic heterocycles. The third-order valence-electron chi connectivity index (χ3n) is 3.10. The normalized spacial score (nSPS) is 16.3. The summed E-state index contributed by atoms with van der Waals surface area (Å²) in [6, 6.07) is 5.65. The predicted molar refractivity (Wildman–Crippen MR) is 83.1 cm³/mol. The van der Waals surface area contributed by atoms with Crippen LogP contribution in [0.1, 0.15) is 5.56 Å². The third-order valence-corrected chi connectivity index (χ3v) is 3.63. The van der Waals surface area contributed by atoms with Gasteiger partial charge in [-0.15, -0.1) is 0 Å². The van der Waals surface area contributed by atoms with Crippen molar-refractivity contribution in [2.75, 3.05) is 44.7 Å². The lowest BCUT2D eigenvalue weighted by Gasteiger charge is -2.26. The van der Waals surface area contributed by atoms with Gasteiger partial charge in [-0.05, 0) is 18.2 Å². The molecule has 1 heterocycles. The van der Waals surface area contributed by atoms with E-state index in [1.807, 2.05) is 18.2 Å². The number of halogens is 1. The van der Waals surface area contributed by atoms with Crippen LogP contribution in [0.4, 0.5) is 5.69 Å². The maximum Gasteiger partial charge on any atom is 0.105 e. The SMILES string of the molecule is NC(=S)c1ccc(NCCN2CCOCC2)cc1Cl. The van der Waals surface area contributed by atoms with E-state index >= 15 is 0 Å². The molecule has 1 aliphatic rings. The van der Waals surface area contributed by atoms with E-state index in [0.717, 1.165) is 50.6 Å². The minimum absolute atomic E-state index is 0.324. The van der Waals surface area contributed by atoms with Gasteiger partial charge >= 0.3 is 0 Å². The van der Waals surface area contributed by atoms with Crippen LogP contribution in [-0.4, -0.2) is 49.3 Å². The highest BCUT2D eigenvalue weighted by atomic mass is 35.5. The maximum absolute atomic E-state index is 6.12. The van der Waals surface area contributed by atoms with E-state index in [4.69, 9.17) is 34.3 Å². The zero-order chi connectivity index (χ0) is 13.7. The molecule has 0 amide bonds. The minimum Gasteiger partial charge on any atom is -0.389 e. The Hall–Kier alpha value is -0.880. The maximum atomic E-state index is 6.12. The Labute approximate surface area is 123 Å². The van der Waals surface area contributed by atoms with Gasteiger partial charge in [0.2, 0.25) is 0 Å². The van der Waals surface area contributed by atoms with Gasteiger partial charge in [0.25, 0.3) is 0 Å². The molecule has 1 aromatic carbocycles. The van der Waals surface area contributed by atoms with Gasteiger partial charge in [-0.1, -0.05) is 23.8 Å². The highest BCUT2D eigenvalue weighted by Gasteiger charge is 2.09. The number of nitrogens with one attached hydrogen (secondary N) is 1. The van der Waals surface area contributed by atoms with Crippen molar-refractivity contribution in [1.29, 1.82) is 0 Å².